The Balaban J connectivity index is 1.24. The zero-order valence-corrected chi connectivity index (χ0v) is 16.7. The van der Waals surface area contributed by atoms with Gasteiger partial charge in [-0.25, -0.2) is 8.78 Å². The maximum atomic E-state index is 13.0. The van der Waals surface area contributed by atoms with Gasteiger partial charge in [-0.3, -0.25) is 14.5 Å². The van der Waals surface area contributed by atoms with E-state index in [0.717, 1.165) is 29.5 Å². The zero-order chi connectivity index (χ0) is 21.4. The van der Waals surface area contributed by atoms with E-state index < -0.39 is 5.92 Å². The van der Waals surface area contributed by atoms with Crippen LogP contribution in [0.25, 0.3) is 17.2 Å². The Hall–Kier alpha value is -3.55. The molecule has 0 atom stereocenters. The van der Waals surface area contributed by atoms with Crippen LogP contribution in [-0.2, 0) is 4.79 Å². The number of carbonyl (C=O) groups excluding carboxylic acids is 1. The minimum atomic E-state index is -2.61. The Kier molecular flexibility index (Phi) is 4.77. The summed E-state index contributed by atoms with van der Waals surface area (Å²) in [4.78, 5) is 18.1. The molecule has 2 fully saturated rings. The van der Waals surface area contributed by atoms with Gasteiger partial charge in [0.1, 0.15) is 0 Å². The average Bonchev–Trinajstić information content (AvgIpc) is 3.48. The van der Waals surface area contributed by atoms with E-state index in [1.165, 1.54) is 6.08 Å². The third kappa shape index (κ3) is 4.33. The van der Waals surface area contributed by atoms with E-state index in [0.29, 0.717) is 17.4 Å². The largest absolute Gasteiger partial charge is 0.359 e. The van der Waals surface area contributed by atoms with Gasteiger partial charge in [-0.2, -0.15) is 5.10 Å². The Morgan fingerprint density at radius 1 is 1.13 bits per heavy atom. The lowest BCUT2D eigenvalue weighted by Gasteiger charge is -2.40. The molecule has 1 N–H and O–H groups in total. The first kappa shape index (κ1) is 19.4. The van der Waals surface area contributed by atoms with Crippen LogP contribution in [0.15, 0.2) is 61.2 Å². The molecule has 6 nitrogen and oxygen atoms in total. The van der Waals surface area contributed by atoms with E-state index in [1.54, 1.807) is 47.6 Å². The Bertz CT molecular complexity index is 1130. The van der Waals surface area contributed by atoms with Gasteiger partial charge in [0.25, 0.3) is 5.92 Å². The Labute approximate surface area is 178 Å². The first-order valence-electron chi connectivity index (χ1n) is 10.2. The quantitative estimate of drug-likeness (QED) is 0.600. The highest BCUT2D eigenvalue weighted by atomic mass is 19.3. The first-order chi connectivity index (χ1) is 15.0. The Morgan fingerprint density at radius 2 is 1.90 bits per heavy atom. The number of pyridine rings is 1. The van der Waals surface area contributed by atoms with E-state index in [-0.39, 0.29) is 19.0 Å². The fourth-order valence-electron chi connectivity index (χ4n) is 3.62. The smallest absolute Gasteiger partial charge is 0.282 e. The number of aromatic nitrogens is 3. The summed E-state index contributed by atoms with van der Waals surface area (Å²) in [5.41, 5.74) is 4.08. The molecule has 0 radical (unpaired) electrons. The van der Waals surface area contributed by atoms with Crippen molar-refractivity contribution in [2.24, 2.45) is 0 Å². The predicted octanol–water partition coefficient (Wildman–Crippen LogP) is 4.39. The summed E-state index contributed by atoms with van der Waals surface area (Å²) in [7, 11) is 0. The number of nitrogens with one attached hydrogen (secondary N) is 1. The molecule has 158 valence electrons. The van der Waals surface area contributed by atoms with Crippen molar-refractivity contribution < 1.29 is 13.6 Å². The van der Waals surface area contributed by atoms with Crippen molar-refractivity contribution in [2.75, 3.05) is 23.3 Å². The van der Waals surface area contributed by atoms with Gasteiger partial charge < -0.3 is 10.2 Å². The minimum Gasteiger partial charge on any atom is -0.359 e. The van der Waals surface area contributed by atoms with Gasteiger partial charge in [0.2, 0.25) is 5.91 Å². The molecule has 0 spiro atoms. The van der Waals surface area contributed by atoms with Gasteiger partial charge in [-0.1, -0.05) is 0 Å². The van der Waals surface area contributed by atoms with Crippen molar-refractivity contribution in [2.45, 2.75) is 24.8 Å². The van der Waals surface area contributed by atoms with Crippen LogP contribution in [0.3, 0.4) is 0 Å². The molecule has 8 heteroatoms. The molecule has 3 heterocycles. The topological polar surface area (TPSA) is 63.1 Å². The standard InChI is InChI=1S/C23H21F2N5O/c24-23(25)14-29(15-23)19-4-2-18(3-5-19)28-22(31)8-1-16-11-26-10-9-21(16)17-12-27-30(13-17)20-6-7-20/h1-5,8-13,20H,6-7,14-15H2,(H,28,31)/b8-1+. The van der Waals surface area contributed by atoms with Crippen molar-refractivity contribution in [3.8, 4) is 11.1 Å². The SMILES string of the molecule is O=C(/C=C/c1cnccc1-c1cnn(C2CC2)c1)Nc1ccc(N2CC(F)(F)C2)cc1. The minimum absolute atomic E-state index is 0.269. The molecule has 2 aliphatic rings. The molecular formula is C23H21F2N5O. The van der Waals surface area contributed by atoms with Gasteiger partial charge in [-0.15, -0.1) is 0 Å². The van der Waals surface area contributed by atoms with Crippen LogP contribution in [-0.4, -0.2) is 39.7 Å². The summed E-state index contributed by atoms with van der Waals surface area (Å²) >= 11 is 0. The van der Waals surface area contributed by atoms with Gasteiger partial charge >= 0.3 is 0 Å². The normalized spacial score (nSPS) is 17.5. The van der Waals surface area contributed by atoms with Crippen LogP contribution >= 0.6 is 0 Å². The maximum Gasteiger partial charge on any atom is 0.282 e. The summed E-state index contributed by atoms with van der Waals surface area (Å²) in [6.07, 6.45) is 12.8. The highest BCUT2D eigenvalue weighted by Gasteiger charge is 2.43. The number of alkyl halides is 2. The van der Waals surface area contributed by atoms with Crippen molar-refractivity contribution in [3.63, 3.8) is 0 Å². The van der Waals surface area contributed by atoms with Crippen molar-refractivity contribution >= 4 is 23.4 Å². The van der Waals surface area contributed by atoms with E-state index >= 15 is 0 Å². The van der Waals surface area contributed by atoms with Gasteiger partial charge in [0.05, 0.1) is 25.3 Å². The number of hydrogen-bond donors (Lipinski definition) is 1. The lowest BCUT2D eigenvalue weighted by atomic mass is 10.0. The Morgan fingerprint density at radius 3 is 2.61 bits per heavy atom. The molecule has 0 bridgehead atoms. The van der Waals surface area contributed by atoms with Crippen molar-refractivity contribution in [1.29, 1.82) is 0 Å². The van der Waals surface area contributed by atoms with Gasteiger partial charge in [0.15, 0.2) is 0 Å². The number of anilines is 2. The third-order valence-electron chi connectivity index (χ3n) is 5.44. The fourth-order valence-corrected chi connectivity index (χ4v) is 3.62. The highest BCUT2D eigenvalue weighted by Crippen LogP contribution is 2.35. The molecule has 1 aliphatic heterocycles. The van der Waals surface area contributed by atoms with E-state index in [1.807, 2.05) is 23.1 Å². The van der Waals surface area contributed by atoms with Crippen LogP contribution in [0.2, 0.25) is 0 Å². The second kappa shape index (κ2) is 7.61. The van der Waals surface area contributed by atoms with E-state index in [4.69, 9.17) is 0 Å². The van der Waals surface area contributed by atoms with E-state index in [2.05, 4.69) is 15.4 Å². The van der Waals surface area contributed by atoms with Gasteiger partial charge in [0, 0.05) is 47.2 Å². The second-order valence-corrected chi connectivity index (χ2v) is 7.98. The lowest BCUT2D eigenvalue weighted by molar-refractivity contribution is -0.111. The van der Waals surface area contributed by atoms with Crippen LogP contribution < -0.4 is 10.2 Å². The monoisotopic (exact) mass is 421 g/mol. The molecule has 1 saturated carbocycles. The van der Waals surface area contributed by atoms with Crippen molar-refractivity contribution in [1.82, 2.24) is 14.8 Å². The summed E-state index contributed by atoms with van der Waals surface area (Å²) in [5.74, 6) is -2.90. The predicted molar refractivity (Wildman–Crippen MR) is 115 cm³/mol. The van der Waals surface area contributed by atoms with Crippen LogP contribution in [0.5, 0.6) is 0 Å². The number of nitrogens with zero attached hydrogens (tertiary/aromatic N) is 4. The average molecular weight is 421 g/mol. The summed E-state index contributed by atoms with van der Waals surface area (Å²) in [6, 6.07) is 9.28. The van der Waals surface area contributed by atoms with Crippen LogP contribution in [0, 0.1) is 0 Å². The number of halogens is 2. The summed E-state index contributed by atoms with van der Waals surface area (Å²) < 4.78 is 28.0. The molecule has 2 aromatic heterocycles. The third-order valence-corrected chi connectivity index (χ3v) is 5.44. The molecule has 1 saturated heterocycles. The number of rotatable bonds is 6. The van der Waals surface area contributed by atoms with Crippen molar-refractivity contribution in [3.05, 3.63) is 66.8 Å². The molecule has 0 unspecified atom stereocenters. The number of benzene rings is 1. The fraction of sp³-hybridized carbons (Fsp3) is 0.261. The zero-order valence-electron chi connectivity index (χ0n) is 16.7. The summed E-state index contributed by atoms with van der Waals surface area (Å²) in [5, 5.41) is 7.22. The first-order valence-corrected chi connectivity index (χ1v) is 10.2. The molecule has 3 aromatic rings. The second-order valence-electron chi connectivity index (χ2n) is 7.98. The molecular weight excluding hydrogens is 400 g/mol. The molecule has 1 amide bonds. The highest BCUT2D eigenvalue weighted by molar-refractivity contribution is 6.02. The molecule has 1 aliphatic carbocycles. The molecule has 31 heavy (non-hydrogen) atoms. The number of hydrogen-bond acceptors (Lipinski definition) is 4. The number of amides is 1. The molecule has 5 rings (SSSR count). The summed E-state index contributed by atoms with van der Waals surface area (Å²) in [6.45, 7) is -0.539. The van der Waals surface area contributed by atoms with Gasteiger partial charge in [-0.05, 0) is 54.8 Å². The lowest BCUT2D eigenvalue weighted by Crippen LogP contribution is -2.56. The maximum absolute atomic E-state index is 13.0. The van der Waals surface area contributed by atoms with Crippen LogP contribution in [0.4, 0.5) is 20.2 Å². The van der Waals surface area contributed by atoms with Crippen LogP contribution in [0.1, 0.15) is 24.4 Å². The number of carbonyl (C=O) groups is 1. The molecule has 1 aromatic carbocycles. The van der Waals surface area contributed by atoms with E-state index in [9.17, 15) is 13.6 Å².